The van der Waals surface area contributed by atoms with Crippen LogP contribution in [0.4, 0.5) is 0 Å². The fourth-order valence-electron chi connectivity index (χ4n) is 1.53. The average Bonchev–Trinajstić information content (AvgIpc) is 2.26. The Hall–Kier alpha value is -0.783. The lowest BCUT2D eigenvalue weighted by molar-refractivity contribution is 0.232. The van der Waals surface area contributed by atoms with Crippen molar-refractivity contribution in [2.24, 2.45) is 0 Å². The van der Waals surface area contributed by atoms with Crippen LogP contribution in [-0.2, 0) is 4.43 Å². The number of hydrogen-bond acceptors (Lipinski definition) is 1. The zero-order valence-corrected chi connectivity index (χ0v) is 14.4. The van der Waals surface area contributed by atoms with E-state index in [-0.39, 0.29) is 11.1 Å². The van der Waals surface area contributed by atoms with Gasteiger partial charge in [0.2, 0.25) is 0 Å². The summed E-state index contributed by atoms with van der Waals surface area (Å²) in [6.07, 6.45) is 11.3. The molecule has 0 aliphatic carbocycles. The molecule has 0 aliphatic heterocycles. The highest BCUT2D eigenvalue weighted by Crippen LogP contribution is 2.37. The summed E-state index contributed by atoms with van der Waals surface area (Å²) in [5.74, 6) is 2.78. The normalized spacial score (nSPS) is 13.7. The molecule has 0 saturated heterocycles. The third-order valence-corrected chi connectivity index (χ3v) is 8.33. The van der Waals surface area contributed by atoms with Gasteiger partial charge in [-0.25, -0.2) is 0 Å². The van der Waals surface area contributed by atoms with Crippen molar-refractivity contribution >= 4 is 8.32 Å². The highest BCUT2D eigenvalue weighted by atomic mass is 28.4. The van der Waals surface area contributed by atoms with Gasteiger partial charge in [-0.3, -0.25) is 0 Å². The van der Waals surface area contributed by atoms with Gasteiger partial charge in [0.05, 0.1) is 0 Å². The van der Waals surface area contributed by atoms with Gasteiger partial charge in [-0.05, 0) is 37.4 Å². The fraction of sp³-hybridized carbons (Fsp3) is 0.647. The van der Waals surface area contributed by atoms with Crippen LogP contribution in [0.2, 0.25) is 18.1 Å². The maximum Gasteiger partial charge on any atom is 0.193 e. The molecule has 0 aromatic heterocycles. The summed E-state index contributed by atoms with van der Waals surface area (Å²) in [6, 6.07) is 0. The van der Waals surface area contributed by atoms with Gasteiger partial charge < -0.3 is 4.43 Å². The molecular formula is C17H30OSi. The van der Waals surface area contributed by atoms with E-state index in [9.17, 15) is 0 Å². The molecule has 0 bridgehead atoms. The van der Waals surface area contributed by atoms with E-state index in [0.29, 0.717) is 0 Å². The molecule has 0 amide bonds. The first-order valence-corrected chi connectivity index (χ1v) is 9.96. The Balaban J connectivity index is 4.42. The van der Waals surface area contributed by atoms with Crippen LogP contribution in [0, 0.1) is 12.3 Å². The second-order valence-electron chi connectivity index (χ2n) is 6.67. The Labute approximate surface area is 121 Å². The molecule has 1 nitrogen and oxygen atoms in total. The summed E-state index contributed by atoms with van der Waals surface area (Å²) in [4.78, 5) is 0. The van der Waals surface area contributed by atoms with Crippen LogP contribution in [0.5, 0.6) is 0 Å². The predicted molar refractivity (Wildman–Crippen MR) is 88.7 cm³/mol. The fourth-order valence-corrected chi connectivity index (χ4v) is 2.74. The standard InChI is InChI=1S/C17H30OSi/c1-9-11-12-13-15(3)14-16(10-2)18-19(7,8)17(4,5)6/h2,9,16H,1,3,11-14H2,4-8H3. The van der Waals surface area contributed by atoms with Crippen molar-refractivity contribution in [1.29, 1.82) is 0 Å². The number of allylic oxidation sites excluding steroid dienone is 1. The first-order valence-electron chi connectivity index (χ1n) is 7.05. The molecule has 0 spiro atoms. The molecule has 1 unspecified atom stereocenters. The second-order valence-corrected chi connectivity index (χ2v) is 11.4. The molecule has 0 rings (SSSR count). The van der Waals surface area contributed by atoms with E-state index in [0.717, 1.165) is 25.7 Å². The largest absolute Gasteiger partial charge is 0.403 e. The number of unbranched alkanes of at least 4 members (excludes halogenated alkanes) is 1. The van der Waals surface area contributed by atoms with E-state index in [1.165, 1.54) is 5.57 Å². The van der Waals surface area contributed by atoms with E-state index in [2.05, 4.69) is 52.9 Å². The summed E-state index contributed by atoms with van der Waals surface area (Å²) < 4.78 is 6.25. The van der Waals surface area contributed by atoms with E-state index < -0.39 is 8.32 Å². The summed E-state index contributed by atoms with van der Waals surface area (Å²) >= 11 is 0. The monoisotopic (exact) mass is 278 g/mol. The van der Waals surface area contributed by atoms with E-state index >= 15 is 0 Å². The van der Waals surface area contributed by atoms with Gasteiger partial charge in [0, 0.05) is 6.42 Å². The molecule has 0 radical (unpaired) electrons. The van der Waals surface area contributed by atoms with Crippen molar-refractivity contribution in [3.05, 3.63) is 24.8 Å². The topological polar surface area (TPSA) is 9.23 Å². The Bertz CT molecular complexity index is 341. The smallest absolute Gasteiger partial charge is 0.193 e. The van der Waals surface area contributed by atoms with Crippen LogP contribution in [0.3, 0.4) is 0 Å². The van der Waals surface area contributed by atoms with Crippen molar-refractivity contribution in [1.82, 2.24) is 0 Å². The molecule has 19 heavy (non-hydrogen) atoms. The van der Waals surface area contributed by atoms with Crippen molar-refractivity contribution in [3.63, 3.8) is 0 Å². The van der Waals surface area contributed by atoms with Crippen molar-refractivity contribution in [2.45, 2.75) is 70.7 Å². The Kier molecular flexibility index (Phi) is 7.40. The number of hydrogen-bond donors (Lipinski definition) is 0. The predicted octanol–water partition coefficient (Wildman–Crippen LogP) is 5.31. The quantitative estimate of drug-likeness (QED) is 0.253. The lowest BCUT2D eigenvalue weighted by atomic mass is 10.0. The van der Waals surface area contributed by atoms with Gasteiger partial charge in [-0.2, -0.15) is 0 Å². The summed E-state index contributed by atoms with van der Waals surface area (Å²) in [5.41, 5.74) is 1.18. The highest BCUT2D eigenvalue weighted by Gasteiger charge is 2.38. The molecule has 0 heterocycles. The summed E-state index contributed by atoms with van der Waals surface area (Å²) in [5, 5.41) is 0.187. The maximum absolute atomic E-state index is 6.25. The molecule has 0 aliphatic rings. The minimum Gasteiger partial charge on any atom is -0.403 e. The maximum atomic E-state index is 6.25. The first-order chi connectivity index (χ1) is 8.64. The Morgan fingerprint density at radius 2 is 2.00 bits per heavy atom. The van der Waals surface area contributed by atoms with Gasteiger partial charge >= 0.3 is 0 Å². The van der Waals surface area contributed by atoms with E-state index in [1.807, 2.05) is 6.08 Å². The summed E-state index contributed by atoms with van der Waals surface area (Å²) in [6.45, 7) is 19.0. The highest BCUT2D eigenvalue weighted by molar-refractivity contribution is 6.74. The Morgan fingerprint density at radius 3 is 2.42 bits per heavy atom. The molecule has 0 N–H and O–H groups in total. The zero-order chi connectivity index (χ0) is 15.1. The van der Waals surface area contributed by atoms with Gasteiger partial charge in [0.25, 0.3) is 0 Å². The first kappa shape index (κ1) is 18.2. The average molecular weight is 279 g/mol. The van der Waals surface area contributed by atoms with Gasteiger partial charge in [0.15, 0.2) is 8.32 Å². The lowest BCUT2D eigenvalue weighted by Crippen LogP contribution is -2.43. The number of rotatable bonds is 8. The summed E-state index contributed by atoms with van der Waals surface area (Å²) in [7, 11) is -1.79. The van der Waals surface area contributed by atoms with Crippen LogP contribution in [0.25, 0.3) is 0 Å². The van der Waals surface area contributed by atoms with Gasteiger partial charge in [-0.15, -0.1) is 13.0 Å². The SMILES string of the molecule is C#CC(CC(=C)CCCC=C)O[Si](C)(C)C(C)(C)C. The van der Waals surface area contributed by atoms with Crippen molar-refractivity contribution in [2.75, 3.05) is 0 Å². The van der Waals surface area contributed by atoms with Gasteiger partial charge in [0.1, 0.15) is 6.10 Å². The molecule has 0 saturated carbocycles. The third-order valence-electron chi connectivity index (χ3n) is 3.84. The molecule has 0 aromatic carbocycles. The minimum atomic E-state index is -1.79. The molecule has 108 valence electrons. The van der Waals surface area contributed by atoms with Crippen molar-refractivity contribution in [3.8, 4) is 12.3 Å². The second kappa shape index (κ2) is 7.72. The van der Waals surface area contributed by atoms with Crippen LogP contribution >= 0.6 is 0 Å². The molecule has 1 atom stereocenters. The number of terminal acetylenes is 1. The third kappa shape index (κ3) is 6.80. The Morgan fingerprint density at radius 1 is 1.42 bits per heavy atom. The minimum absolute atomic E-state index is 0.128. The molecular weight excluding hydrogens is 248 g/mol. The van der Waals surface area contributed by atoms with Crippen LogP contribution in [0.15, 0.2) is 24.8 Å². The zero-order valence-electron chi connectivity index (χ0n) is 13.4. The van der Waals surface area contributed by atoms with Crippen LogP contribution in [0.1, 0.15) is 46.5 Å². The van der Waals surface area contributed by atoms with E-state index in [4.69, 9.17) is 10.8 Å². The van der Waals surface area contributed by atoms with Gasteiger partial charge in [-0.1, -0.05) is 44.9 Å². The molecule has 2 heteroatoms. The van der Waals surface area contributed by atoms with Crippen LogP contribution < -0.4 is 0 Å². The van der Waals surface area contributed by atoms with Crippen LogP contribution in [-0.4, -0.2) is 14.4 Å². The van der Waals surface area contributed by atoms with E-state index in [1.54, 1.807) is 0 Å². The lowest BCUT2D eigenvalue weighted by Gasteiger charge is -2.38. The van der Waals surface area contributed by atoms with Crippen molar-refractivity contribution < 1.29 is 4.43 Å². The molecule has 0 aromatic rings. The molecule has 0 fully saturated rings.